The minimum absolute atomic E-state index is 0. The number of carbonyl (C=O) groups excluding carboxylic acids is 7. The van der Waals surface area contributed by atoms with E-state index >= 15 is 0 Å². The number of hydrogen-bond donors (Lipinski definition) is 5. The molecule has 1 unspecified atom stereocenters. The summed E-state index contributed by atoms with van der Waals surface area (Å²) in [5.74, 6) is -2.61. The van der Waals surface area contributed by atoms with Gasteiger partial charge in [0.15, 0.2) is 0 Å². The molecule has 2 fully saturated rings. The number of esters is 2. The highest BCUT2D eigenvalue weighted by Gasteiger charge is 2.57. The number of nitrogens with one attached hydrogen (secondary N) is 3. The first-order valence-electron chi connectivity index (χ1n) is 26.5. The molecule has 6 aromatic carbocycles. The lowest BCUT2D eigenvalue weighted by molar-refractivity contribution is -0.151. The highest BCUT2D eigenvalue weighted by atomic mass is 16.6. The van der Waals surface area contributed by atoms with E-state index in [0.717, 1.165) is 81.8 Å². The van der Waals surface area contributed by atoms with Gasteiger partial charge in [-0.2, -0.15) is 0 Å². The minimum atomic E-state index is -1.40. The molecular weight excluding hydrogens is 1020 g/mol. The van der Waals surface area contributed by atoms with Crippen molar-refractivity contribution in [2.75, 3.05) is 20.3 Å². The number of nitrogens with zero attached hydrogens (tertiary/aromatic N) is 4. The predicted octanol–water partition coefficient (Wildman–Crippen LogP) is 8.62. The maximum absolute atomic E-state index is 13.9. The zero-order chi connectivity index (χ0) is 54.5. The van der Waals surface area contributed by atoms with Crippen LogP contribution in [0.2, 0.25) is 0 Å². The lowest BCUT2D eigenvalue weighted by atomic mass is 9.92. The van der Waals surface area contributed by atoms with Crippen LogP contribution in [0.1, 0.15) is 119 Å². The molecule has 0 spiro atoms. The molecular formula is C61H55N9O10. The third-order valence-corrected chi connectivity index (χ3v) is 17.6. The quantitative estimate of drug-likeness (QED) is 0.0470. The molecule has 2 aliphatic carbocycles. The average Bonchev–Trinajstić information content (AvgIpc) is 3.28. The predicted molar refractivity (Wildman–Crippen MR) is 301 cm³/mol. The van der Waals surface area contributed by atoms with E-state index in [0.29, 0.717) is 53.3 Å². The summed E-state index contributed by atoms with van der Waals surface area (Å²) < 4.78 is 24.9. The van der Waals surface area contributed by atoms with E-state index in [4.69, 9.17) is 25.7 Å². The molecule has 4 aromatic heterocycles. The van der Waals surface area contributed by atoms with Gasteiger partial charge in [-0.15, -0.1) is 0 Å². The first-order chi connectivity index (χ1) is 37.9. The molecule has 5 amide bonds. The Labute approximate surface area is 455 Å². The molecule has 19 nitrogen and oxygen atoms in total. The Hall–Kier alpha value is -9.07. The topological polar surface area (TPSA) is 255 Å². The summed E-state index contributed by atoms with van der Waals surface area (Å²) >= 11 is 0. The zero-order valence-corrected chi connectivity index (χ0v) is 43.3. The van der Waals surface area contributed by atoms with Crippen LogP contribution in [0.5, 0.6) is 0 Å². The largest absolute Gasteiger partial charge is 0.468 e. The molecule has 4 bridgehead atoms. The Bertz CT molecular complexity index is 4570. The van der Waals surface area contributed by atoms with E-state index in [2.05, 4.69) is 34.2 Å². The SMILES string of the molecule is C.CC(C)(C)OC(=O)NCCOC(=O)[C@]1(N)C[C@@H]2C[C@H]1n1c3ccccc3c3c4c(c5c6ccccc6n2c5c31)C(=O)NC4=O.COC(=O)[C@]1(N)CC2C[C@H]1n1c3ccccc3c3c4c(c5c6ccccc6n2c5c31)C(=O)NC4=O. The molecule has 6 atom stereocenters. The lowest BCUT2D eigenvalue weighted by Crippen LogP contribution is -2.53. The molecule has 19 heteroatoms. The number of nitrogens with two attached hydrogens (primary N) is 2. The maximum Gasteiger partial charge on any atom is 0.407 e. The molecule has 2 saturated carbocycles. The van der Waals surface area contributed by atoms with Crippen LogP contribution in [-0.2, 0) is 23.8 Å². The number of aromatic nitrogens is 4. The number of alkyl carbamates (subject to hydrolysis) is 1. The number of imide groups is 2. The van der Waals surface area contributed by atoms with Gasteiger partial charge in [-0.1, -0.05) is 80.2 Å². The standard InChI is InChI=1S/C33H31N5O6.C27H20N4O4.CH4/c1-32(2,3)44-31(42)35-12-13-43-30(41)33(34)15-16-14-21(33)38-20-11-7-5-9-18(20)23-25-24(28(39)36-29(25)40)22-17-8-4-6-10-19(17)37(16)26(22)27(23)38;1-35-26(34)27(28)11-12-10-17(27)31-16-9-5-3-7-14(16)19-21-20(24(32)29-25(21)33)18-13-6-2-4-8-15(13)30(12)22(18)23(19)31;/h4-11,16,21H,12-15,34H2,1-3H3,(H,35,42)(H,36,39,40);2-9,12,17H,10-11,28H2,1H3,(H,29,32,33);1H4/t16-,21+,33-;12?,17-,27+;/m01./s1. The third kappa shape index (κ3) is 6.18. The molecule has 6 aliphatic rings. The zero-order valence-electron chi connectivity index (χ0n) is 43.3. The van der Waals surface area contributed by atoms with Gasteiger partial charge in [0.1, 0.15) is 23.3 Å². The van der Waals surface area contributed by atoms with Crippen LogP contribution in [0.4, 0.5) is 4.79 Å². The fraction of sp³-hybridized carbons (Fsp3) is 0.295. The van der Waals surface area contributed by atoms with Crippen molar-refractivity contribution in [3.05, 3.63) is 119 Å². The van der Waals surface area contributed by atoms with Gasteiger partial charge >= 0.3 is 18.0 Å². The smallest absolute Gasteiger partial charge is 0.407 e. The van der Waals surface area contributed by atoms with Gasteiger partial charge in [0.25, 0.3) is 23.6 Å². The number of carbonyl (C=O) groups is 7. The number of benzene rings is 6. The Balaban J connectivity index is 0.000000146. The third-order valence-electron chi connectivity index (χ3n) is 17.6. The average molecular weight is 1070 g/mol. The van der Waals surface area contributed by atoms with Gasteiger partial charge in [0, 0.05) is 77.2 Å². The van der Waals surface area contributed by atoms with Crippen LogP contribution in [-0.4, -0.2) is 96.9 Å². The summed E-state index contributed by atoms with van der Waals surface area (Å²) in [6, 6.07) is 30.2. The van der Waals surface area contributed by atoms with Crippen molar-refractivity contribution >= 4 is 129 Å². The highest BCUT2D eigenvalue weighted by molar-refractivity contribution is 6.41. The van der Waals surface area contributed by atoms with E-state index < -0.39 is 58.5 Å². The van der Waals surface area contributed by atoms with Gasteiger partial charge in [-0.25, -0.2) is 14.4 Å². The van der Waals surface area contributed by atoms with Crippen LogP contribution in [0.25, 0.3) is 87.2 Å². The number of para-hydroxylation sites is 4. The summed E-state index contributed by atoms with van der Waals surface area (Å²) in [5.41, 5.74) is 19.3. The van der Waals surface area contributed by atoms with Crippen molar-refractivity contribution in [1.82, 2.24) is 34.2 Å². The summed E-state index contributed by atoms with van der Waals surface area (Å²) in [6.07, 6.45) is 1.29. The van der Waals surface area contributed by atoms with Crippen LogP contribution in [0.15, 0.2) is 97.1 Å². The van der Waals surface area contributed by atoms with Crippen LogP contribution in [0.3, 0.4) is 0 Å². The molecule has 7 N–H and O–H groups in total. The summed E-state index contributed by atoms with van der Waals surface area (Å²) in [6.45, 7) is 5.31. The van der Waals surface area contributed by atoms with Gasteiger partial charge < -0.3 is 49.3 Å². The van der Waals surface area contributed by atoms with Crippen LogP contribution in [0, 0.1) is 0 Å². The maximum atomic E-state index is 13.9. The number of fused-ring (bicyclic) bond motifs is 26. The van der Waals surface area contributed by atoms with Gasteiger partial charge in [0.05, 0.1) is 70.1 Å². The van der Waals surface area contributed by atoms with Crippen molar-refractivity contribution in [1.29, 1.82) is 0 Å². The lowest BCUT2D eigenvalue weighted by Gasteiger charge is -2.32. The Morgan fingerprint density at radius 3 is 1.26 bits per heavy atom. The van der Waals surface area contributed by atoms with Crippen LogP contribution < -0.4 is 27.4 Å². The van der Waals surface area contributed by atoms with Gasteiger partial charge in [-0.05, 0) is 70.7 Å². The molecule has 8 heterocycles. The monoisotopic (exact) mass is 1070 g/mol. The molecule has 16 rings (SSSR count). The van der Waals surface area contributed by atoms with Crippen molar-refractivity contribution in [3.8, 4) is 0 Å². The van der Waals surface area contributed by atoms with Crippen molar-refractivity contribution in [2.45, 2.75) is 94.7 Å². The molecule has 10 aromatic rings. The Morgan fingerprint density at radius 1 is 0.562 bits per heavy atom. The second-order valence-electron chi connectivity index (χ2n) is 22.9. The van der Waals surface area contributed by atoms with Crippen LogP contribution >= 0.6 is 0 Å². The van der Waals surface area contributed by atoms with Gasteiger partial charge in [-0.3, -0.25) is 29.8 Å². The highest BCUT2D eigenvalue weighted by Crippen LogP contribution is 2.58. The fourth-order valence-corrected chi connectivity index (χ4v) is 14.9. The van der Waals surface area contributed by atoms with E-state index in [1.807, 2.05) is 97.1 Å². The second-order valence-corrected chi connectivity index (χ2v) is 22.9. The van der Waals surface area contributed by atoms with Crippen molar-refractivity contribution < 1.29 is 47.8 Å². The first-order valence-corrected chi connectivity index (χ1v) is 26.5. The molecule has 4 aliphatic heterocycles. The van der Waals surface area contributed by atoms with Crippen molar-refractivity contribution in [2.24, 2.45) is 11.5 Å². The number of hydrogen-bond acceptors (Lipinski definition) is 12. The Kier molecular flexibility index (Phi) is 10.2. The first kappa shape index (κ1) is 49.2. The summed E-state index contributed by atoms with van der Waals surface area (Å²) in [4.78, 5) is 92.3. The van der Waals surface area contributed by atoms with E-state index in [-0.39, 0.29) is 44.6 Å². The molecule has 404 valence electrons. The molecule has 0 radical (unpaired) electrons. The number of amides is 5. The van der Waals surface area contributed by atoms with E-state index in [9.17, 15) is 33.6 Å². The van der Waals surface area contributed by atoms with E-state index in [1.165, 1.54) is 7.11 Å². The second kappa shape index (κ2) is 16.5. The van der Waals surface area contributed by atoms with Gasteiger partial charge in [0.2, 0.25) is 0 Å². The number of methoxy groups -OCH3 is 1. The molecule has 0 saturated heterocycles. The number of ether oxygens (including phenoxy) is 3. The Morgan fingerprint density at radius 2 is 0.900 bits per heavy atom. The normalized spacial score (nSPS) is 23.0. The summed E-state index contributed by atoms with van der Waals surface area (Å²) in [7, 11) is 1.37. The van der Waals surface area contributed by atoms with Crippen molar-refractivity contribution in [3.63, 3.8) is 0 Å². The number of rotatable bonds is 5. The summed E-state index contributed by atoms with van der Waals surface area (Å²) in [5, 5.41) is 14.1. The minimum Gasteiger partial charge on any atom is -0.468 e. The fourth-order valence-electron chi connectivity index (χ4n) is 14.9. The van der Waals surface area contributed by atoms with E-state index in [1.54, 1.807) is 20.8 Å². The molecule has 80 heavy (non-hydrogen) atoms.